The second-order valence-electron chi connectivity index (χ2n) is 4.82. The van der Waals surface area contributed by atoms with Gasteiger partial charge in [0.25, 0.3) is 0 Å². The van der Waals surface area contributed by atoms with Gasteiger partial charge in [-0.15, -0.1) is 5.10 Å². The van der Waals surface area contributed by atoms with Gasteiger partial charge < -0.3 is 5.11 Å². The molecule has 1 atom stereocenters. The van der Waals surface area contributed by atoms with Crippen LogP contribution < -0.4 is 0 Å². The van der Waals surface area contributed by atoms with Crippen LogP contribution in [0.15, 0.2) is 12.1 Å². The lowest BCUT2D eigenvalue weighted by Crippen LogP contribution is -2.05. The molecule has 3 nitrogen and oxygen atoms in total. The monoisotopic (exact) mass is 262 g/mol. The van der Waals surface area contributed by atoms with Crippen LogP contribution in [0.3, 0.4) is 0 Å². The fourth-order valence-electron chi connectivity index (χ4n) is 2.36. The second kappa shape index (κ2) is 5.16. The fourth-order valence-corrected chi connectivity index (χ4v) is 2.99. The zero-order valence-electron chi connectivity index (χ0n) is 11.2. The minimum Gasteiger partial charge on any atom is -0.387 e. The summed E-state index contributed by atoms with van der Waals surface area (Å²) in [5.41, 5.74) is 5.79. The molecule has 0 aliphatic rings. The van der Waals surface area contributed by atoms with Gasteiger partial charge in [0.2, 0.25) is 0 Å². The summed E-state index contributed by atoms with van der Waals surface area (Å²) in [6.07, 6.45) is 0.118. The second-order valence-corrected chi connectivity index (χ2v) is 5.61. The Bertz CT molecular complexity index is 540. The Morgan fingerprint density at radius 1 is 1.17 bits per heavy atom. The molecule has 0 saturated heterocycles. The molecule has 1 aromatic heterocycles. The molecule has 18 heavy (non-hydrogen) atoms. The van der Waals surface area contributed by atoms with Crippen molar-refractivity contribution in [2.45, 2.75) is 40.2 Å². The first-order valence-corrected chi connectivity index (χ1v) is 6.80. The first-order valence-electron chi connectivity index (χ1n) is 6.02. The highest BCUT2D eigenvalue weighted by Crippen LogP contribution is 2.26. The van der Waals surface area contributed by atoms with E-state index in [0.717, 1.165) is 10.6 Å². The van der Waals surface area contributed by atoms with Crippen LogP contribution in [-0.4, -0.2) is 14.7 Å². The van der Waals surface area contributed by atoms with Crippen LogP contribution in [0.5, 0.6) is 0 Å². The van der Waals surface area contributed by atoms with Crippen molar-refractivity contribution in [2.75, 3.05) is 0 Å². The van der Waals surface area contributed by atoms with E-state index in [1.165, 1.54) is 33.8 Å². The minimum absolute atomic E-state index is 0.509. The van der Waals surface area contributed by atoms with E-state index in [4.69, 9.17) is 0 Å². The van der Waals surface area contributed by atoms with E-state index in [0.29, 0.717) is 6.42 Å². The summed E-state index contributed by atoms with van der Waals surface area (Å²) in [5.74, 6) is 0. The molecule has 2 rings (SSSR count). The molecule has 0 aliphatic carbocycles. The van der Waals surface area contributed by atoms with E-state index >= 15 is 0 Å². The van der Waals surface area contributed by atoms with E-state index in [1.54, 1.807) is 0 Å². The molecule has 0 saturated carbocycles. The van der Waals surface area contributed by atoms with Crippen molar-refractivity contribution in [2.24, 2.45) is 0 Å². The molecule has 1 heterocycles. The molecular weight excluding hydrogens is 244 g/mol. The highest BCUT2D eigenvalue weighted by molar-refractivity contribution is 7.05. The van der Waals surface area contributed by atoms with Crippen molar-refractivity contribution in [1.29, 1.82) is 0 Å². The zero-order chi connectivity index (χ0) is 13.3. The highest BCUT2D eigenvalue weighted by atomic mass is 32.1. The van der Waals surface area contributed by atoms with Gasteiger partial charge in [-0.2, -0.15) is 0 Å². The number of aromatic nitrogens is 2. The third kappa shape index (κ3) is 2.60. The van der Waals surface area contributed by atoms with Gasteiger partial charge in [0.15, 0.2) is 0 Å². The predicted molar refractivity (Wildman–Crippen MR) is 74.0 cm³/mol. The highest BCUT2D eigenvalue weighted by Gasteiger charge is 2.17. The average Bonchev–Trinajstić information content (AvgIpc) is 2.69. The lowest BCUT2D eigenvalue weighted by atomic mass is 9.95. The van der Waals surface area contributed by atoms with Crippen LogP contribution in [-0.2, 0) is 6.42 Å². The molecule has 2 aromatic rings. The molecule has 1 unspecified atom stereocenters. The summed E-state index contributed by atoms with van der Waals surface area (Å²) < 4.78 is 3.88. The normalized spacial score (nSPS) is 12.7. The van der Waals surface area contributed by atoms with Crippen LogP contribution in [0, 0.1) is 27.7 Å². The van der Waals surface area contributed by atoms with Crippen LogP contribution in [0.25, 0.3) is 0 Å². The van der Waals surface area contributed by atoms with Crippen molar-refractivity contribution in [3.05, 3.63) is 45.0 Å². The average molecular weight is 262 g/mol. The topological polar surface area (TPSA) is 46.0 Å². The quantitative estimate of drug-likeness (QED) is 0.924. The zero-order valence-corrected chi connectivity index (χ0v) is 12.0. The van der Waals surface area contributed by atoms with Crippen molar-refractivity contribution in [1.82, 2.24) is 9.59 Å². The largest absolute Gasteiger partial charge is 0.387 e. The first kappa shape index (κ1) is 13.2. The Morgan fingerprint density at radius 3 is 2.28 bits per heavy atom. The fraction of sp³-hybridized carbons (Fsp3) is 0.429. The van der Waals surface area contributed by atoms with Crippen LogP contribution >= 0.6 is 11.5 Å². The van der Waals surface area contributed by atoms with Gasteiger partial charge in [-0.1, -0.05) is 22.2 Å². The molecule has 0 radical (unpaired) electrons. The van der Waals surface area contributed by atoms with E-state index < -0.39 is 6.10 Å². The Labute approximate surface area is 112 Å². The SMILES string of the molecule is Cc1cc(C)c(CC(O)c2snnc2C)c(C)c1. The Morgan fingerprint density at radius 2 is 1.78 bits per heavy atom. The maximum Gasteiger partial charge on any atom is 0.0957 e. The molecule has 1 N–H and O–H groups in total. The Balaban J connectivity index is 2.27. The number of aliphatic hydroxyl groups is 1. The number of rotatable bonds is 3. The van der Waals surface area contributed by atoms with Gasteiger partial charge >= 0.3 is 0 Å². The van der Waals surface area contributed by atoms with Crippen molar-refractivity contribution < 1.29 is 5.11 Å². The van der Waals surface area contributed by atoms with Crippen molar-refractivity contribution >= 4 is 11.5 Å². The number of hydrogen-bond acceptors (Lipinski definition) is 4. The molecule has 0 amide bonds. The smallest absolute Gasteiger partial charge is 0.0957 e. The lowest BCUT2D eigenvalue weighted by Gasteiger charge is -2.14. The Kier molecular flexibility index (Phi) is 3.78. The maximum atomic E-state index is 10.3. The van der Waals surface area contributed by atoms with Crippen molar-refractivity contribution in [3.63, 3.8) is 0 Å². The number of aliphatic hydroxyl groups excluding tert-OH is 1. The summed E-state index contributed by atoms with van der Waals surface area (Å²) in [6.45, 7) is 8.17. The van der Waals surface area contributed by atoms with E-state index in [-0.39, 0.29) is 0 Å². The van der Waals surface area contributed by atoms with Gasteiger partial charge in [0, 0.05) is 6.42 Å². The lowest BCUT2D eigenvalue weighted by molar-refractivity contribution is 0.181. The number of nitrogens with zero attached hydrogens (tertiary/aromatic N) is 2. The van der Waals surface area contributed by atoms with E-state index in [1.807, 2.05) is 6.92 Å². The summed E-state index contributed by atoms with van der Waals surface area (Å²) in [5, 5.41) is 14.2. The van der Waals surface area contributed by atoms with Gasteiger partial charge in [-0.25, -0.2) is 0 Å². The molecule has 0 aliphatic heterocycles. The summed E-state index contributed by atoms with van der Waals surface area (Å²) >= 11 is 1.28. The molecule has 0 spiro atoms. The number of hydrogen-bond donors (Lipinski definition) is 1. The molecule has 0 bridgehead atoms. The predicted octanol–water partition coefficient (Wildman–Crippen LogP) is 3.05. The van der Waals surface area contributed by atoms with Crippen LogP contribution in [0.4, 0.5) is 0 Å². The van der Waals surface area contributed by atoms with Crippen LogP contribution in [0.1, 0.15) is 38.9 Å². The Hall–Kier alpha value is -1.26. The van der Waals surface area contributed by atoms with E-state index in [2.05, 4.69) is 42.5 Å². The van der Waals surface area contributed by atoms with Crippen molar-refractivity contribution in [3.8, 4) is 0 Å². The standard InChI is InChI=1S/C14H18N2OS/c1-8-5-9(2)12(10(3)6-8)7-13(17)14-11(4)15-16-18-14/h5-6,13,17H,7H2,1-4H3. The third-order valence-electron chi connectivity index (χ3n) is 3.23. The molecule has 4 heteroatoms. The number of aryl methyl sites for hydroxylation is 4. The summed E-state index contributed by atoms with van der Waals surface area (Å²) in [7, 11) is 0. The van der Waals surface area contributed by atoms with Gasteiger partial charge in [0.05, 0.1) is 16.7 Å². The van der Waals surface area contributed by atoms with Gasteiger partial charge in [-0.05, 0) is 55.9 Å². The van der Waals surface area contributed by atoms with E-state index in [9.17, 15) is 5.11 Å². The van der Waals surface area contributed by atoms with Crippen LogP contribution in [0.2, 0.25) is 0 Å². The maximum absolute atomic E-state index is 10.3. The van der Waals surface area contributed by atoms with Gasteiger partial charge in [0.1, 0.15) is 0 Å². The van der Waals surface area contributed by atoms with Gasteiger partial charge in [-0.3, -0.25) is 0 Å². The molecule has 0 fully saturated rings. The molecular formula is C14H18N2OS. The molecule has 96 valence electrons. The number of benzene rings is 1. The summed E-state index contributed by atoms with van der Waals surface area (Å²) in [6, 6.07) is 4.32. The minimum atomic E-state index is -0.509. The summed E-state index contributed by atoms with van der Waals surface area (Å²) in [4.78, 5) is 0.870. The molecule has 1 aromatic carbocycles. The third-order valence-corrected chi connectivity index (χ3v) is 4.15. The first-order chi connectivity index (χ1) is 8.49.